The smallest absolute Gasteiger partial charge is 0.357 e. The van der Waals surface area contributed by atoms with E-state index in [1.165, 1.54) is 18.9 Å². The molecule has 5 nitrogen and oxygen atoms in total. The molecule has 1 aliphatic rings. The van der Waals surface area contributed by atoms with Gasteiger partial charge in [-0.05, 0) is 37.5 Å². The lowest BCUT2D eigenvalue weighted by atomic mass is 10.1. The van der Waals surface area contributed by atoms with Crippen molar-refractivity contribution in [2.45, 2.75) is 38.9 Å². The van der Waals surface area contributed by atoms with E-state index in [2.05, 4.69) is 25.9 Å². The molecule has 0 amide bonds. The third-order valence-electron chi connectivity index (χ3n) is 4.61. The van der Waals surface area contributed by atoms with Crippen molar-refractivity contribution in [1.29, 1.82) is 0 Å². The number of aromatic nitrogens is 1. The quantitative estimate of drug-likeness (QED) is 0.297. The van der Waals surface area contributed by atoms with Gasteiger partial charge in [0, 0.05) is 38.0 Å². The first-order chi connectivity index (χ1) is 14.0. The minimum atomic E-state index is -4.34. The maximum Gasteiger partial charge on any atom is 0.416 e. The Hall–Kier alpha value is -1.56. The van der Waals surface area contributed by atoms with E-state index in [0.29, 0.717) is 24.6 Å². The largest absolute Gasteiger partial charge is 0.416 e. The summed E-state index contributed by atoms with van der Waals surface area (Å²) in [6, 6.07) is 5.27. The summed E-state index contributed by atoms with van der Waals surface area (Å²) >= 11 is 1.68. The van der Waals surface area contributed by atoms with Crippen LogP contribution in [0.25, 0.3) is 0 Å². The summed E-state index contributed by atoms with van der Waals surface area (Å²) in [6.07, 6.45) is -1.13. The van der Waals surface area contributed by atoms with Crippen LogP contribution in [-0.4, -0.2) is 37.1 Å². The maximum absolute atomic E-state index is 12.8. The Labute approximate surface area is 196 Å². The first kappa shape index (κ1) is 24.7. The lowest BCUT2D eigenvalue weighted by Gasteiger charge is -2.12. The summed E-state index contributed by atoms with van der Waals surface area (Å²) in [4.78, 5) is 11.4. The van der Waals surface area contributed by atoms with Crippen molar-refractivity contribution < 1.29 is 13.2 Å². The molecule has 0 bridgehead atoms. The highest BCUT2D eigenvalue weighted by atomic mass is 127. The van der Waals surface area contributed by atoms with Crippen LogP contribution >= 0.6 is 35.3 Å². The highest BCUT2D eigenvalue weighted by Gasteiger charge is 2.30. The van der Waals surface area contributed by atoms with Crippen molar-refractivity contribution in [1.82, 2.24) is 15.6 Å². The van der Waals surface area contributed by atoms with E-state index in [1.54, 1.807) is 17.4 Å². The standard InChI is InChI=1S/C20H26F3N5S.HI/c1-2-24-18(26-13-15-6-5-7-16(12-15)20(21,22)23)25-9-8-17-14-29-19(27-17)28-10-3-4-11-28;/h5-7,12,14H,2-4,8-11,13H2,1H3,(H2,24,25,26);1H. The summed E-state index contributed by atoms with van der Waals surface area (Å²) in [5.74, 6) is 0.583. The minimum Gasteiger partial charge on any atom is -0.357 e. The van der Waals surface area contributed by atoms with Gasteiger partial charge in [0.2, 0.25) is 0 Å². The Morgan fingerprint density at radius 1 is 1.23 bits per heavy atom. The minimum absolute atomic E-state index is 0. The number of rotatable bonds is 7. The van der Waals surface area contributed by atoms with Crippen LogP contribution in [0.4, 0.5) is 18.3 Å². The molecular weight excluding hydrogens is 526 g/mol. The van der Waals surface area contributed by atoms with Gasteiger partial charge in [0.15, 0.2) is 11.1 Å². The number of thiazole rings is 1. The van der Waals surface area contributed by atoms with Crippen LogP contribution in [0, 0.1) is 0 Å². The third kappa shape index (κ3) is 7.29. The molecule has 1 aliphatic heterocycles. The van der Waals surface area contributed by atoms with Crippen LogP contribution in [0.1, 0.15) is 36.6 Å². The Balaban J connectivity index is 0.00000320. The second kappa shape index (κ2) is 11.7. The van der Waals surface area contributed by atoms with Crippen LogP contribution in [0.2, 0.25) is 0 Å². The van der Waals surface area contributed by atoms with E-state index in [9.17, 15) is 13.2 Å². The fourth-order valence-electron chi connectivity index (χ4n) is 3.13. The van der Waals surface area contributed by atoms with E-state index in [4.69, 9.17) is 4.98 Å². The molecule has 0 atom stereocenters. The highest BCUT2D eigenvalue weighted by Crippen LogP contribution is 2.29. The van der Waals surface area contributed by atoms with E-state index < -0.39 is 11.7 Å². The first-order valence-corrected chi connectivity index (χ1v) is 10.7. The Bertz CT molecular complexity index is 819. The van der Waals surface area contributed by atoms with Crippen molar-refractivity contribution in [3.63, 3.8) is 0 Å². The van der Waals surface area contributed by atoms with Gasteiger partial charge in [-0.25, -0.2) is 9.98 Å². The fraction of sp³-hybridized carbons (Fsp3) is 0.500. The molecule has 2 N–H and O–H groups in total. The zero-order chi connectivity index (χ0) is 20.7. The normalized spacial score (nSPS) is 14.5. The number of aliphatic imine (C=N–C) groups is 1. The Morgan fingerprint density at radius 2 is 2.00 bits per heavy atom. The molecule has 0 aliphatic carbocycles. The fourth-order valence-corrected chi connectivity index (χ4v) is 4.05. The number of anilines is 1. The second-order valence-electron chi connectivity index (χ2n) is 6.89. The van der Waals surface area contributed by atoms with Crippen LogP contribution in [-0.2, 0) is 19.1 Å². The van der Waals surface area contributed by atoms with Crippen LogP contribution < -0.4 is 15.5 Å². The average molecular weight is 553 g/mol. The molecule has 2 heterocycles. The molecule has 1 aromatic carbocycles. The molecule has 0 unspecified atom stereocenters. The number of hydrogen-bond donors (Lipinski definition) is 2. The van der Waals surface area contributed by atoms with Gasteiger partial charge in [-0.1, -0.05) is 12.1 Å². The molecule has 2 aromatic rings. The monoisotopic (exact) mass is 553 g/mol. The molecule has 166 valence electrons. The van der Waals surface area contributed by atoms with E-state index in [0.717, 1.165) is 42.5 Å². The van der Waals surface area contributed by atoms with Crippen molar-refractivity contribution >= 4 is 46.4 Å². The summed E-state index contributed by atoms with van der Waals surface area (Å²) in [6.45, 7) is 5.61. The van der Waals surface area contributed by atoms with Gasteiger partial charge in [0.1, 0.15) is 0 Å². The zero-order valence-corrected chi connectivity index (χ0v) is 20.0. The molecule has 1 fully saturated rings. The number of alkyl halides is 3. The molecule has 0 radical (unpaired) electrons. The number of nitrogens with one attached hydrogen (secondary N) is 2. The SMILES string of the molecule is CCNC(=NCc1cccc(C(F)(F)F)c1)NCCc1csc(N2CCCC2)n1.I. The maximum atomic E-state index is 12.8. The van der Waals surface area contributed by atoms with Crippen LogP contribution in [0.15, 0.2) is 34.6 Å². The van der Waals surface area contributed by atoms with Crippen molar-refractivity contribution in [2.75, 3.05) is 31.1 Å². The highest BCUT2D eigenvalue weighted by molar-refractivity contribution is 14.0. The van der Waals surface area contributed by atoms with E-state index >= 15 is 0 Å². The van der Waals surface area contributed by atoms with Crippen molar-refractivity contribution in [3.05, 3.63) is 46.5 Å². The molecule has 30 heavy (non-hydrogen) atoms. The van der Waals surface area contributed by atoms with Gasteiger partial charge in [0.25, 0.3) is 0 Å². The number of nitrogens with zero attached hydrogens (tertiary/aromatic N) is 3. The van der Waals surface area contributed by atoms with Gasteiger partial charge in [-0.3, -0.25) is 0 Å². The van der Waals surface area contributed by atoms with Gasteiger partial charge >= 0.3 is 6.18 Å². The van der Waals surface area contributed by atoms with Crippen molar-refractivity contribution in [3.8, 4) is 0 Å². The molecular formula is C20H27F3IN5S. The average Bonchev–Trinajstić information content (AvgIpc) is 3.37. The van der Waals surface area contributed by atoms with E-state index in [-0.39, 0.29) is 30.5 Å². The summed E-state index contributed by atoms with van der Waals surface area (Å²) in [7, 11) is 0. The number of benzene rings is 1. The number of hydrogen-bond acceptors (Lipinski definition) is 4. The zero-order valence-electron chi connectivity index (χ0n) is 16.8. The molecule has 1 aromatic heterocycles. The molecule has 10 heteroatoms. The van der Waals surface area contributed by atoms with E-state index in [1.807, 2.05) is 6.92 Å². The third-order valence-corrected chi connectivity index (χ3v) is 5.56. The molecule has 1 saturated heterocycles. The molecule has 0 spiro atoms. The lowest BCUT2D eigenvalue weighted by Crippen LogP contribution is -2.38. The predicted molar refractivity (Wildman–Crippen MR) is 127 cm³/mol. The van der Waals surface area contributed by atoms with Crippen LogP contribution in [0.3, 0.4) is 0 Å². The van der Waals surface area contributed by atoms with Gasteiger partial charge in [-0.2, -0.15) is 13.2 Å². The molecule has 3 rings (SSSR count). The Kier molecular flexibility index (Phi) is 9.66. The van der Waals surface area contributed by atoms with Gasteiger partial charge in [-0.15, -0.1) is 35.3 Å². The van der Waals surface area contributed by atoms with Gasteiger partial charge in [0.05, 0.1) is 17.8 Å². The second-order valence-corrected chi connectivity index (χ2v) is 7.72. The number of halogens is 4. The predicted octanol–water partition coefficient (Wildman–Crippen LogP) is 4.68. The summed E-state index contributed by atoms with van der Waals surface area (Å²) in [5.41, 5.74) is 0.908. The van der Waals surface area contributed by atoms with Crippen molar-refractivity contribution in [2.24, 2.45) is 4.99 Å². The topological polar surface area (TPSA) is 52.6 Å². The number of guanidine groups is 1. The lowest BCUT2D eigenvalue weighted by molar-refractivity contribution is -0.137. The summed E-state index contributed by atoms with van der Waals surface area (Å²) in [5, 5.41) is 9.53. The first-order valence-electron chi connectivity index (χ1n) is 9.83. The van der Waals surface area contributed by atoms with Gasteiger partial charge < -0.3 is 15.5 Å². The van der Waals surface area contributed by atoms with Crippen LogP contribution in [0.5, 0.6) is 0 Å². The Morgan fingerprint density at radius 3 is 2.70 bits per heavy atom. The summed E-state index contributed by atoms with van der Waals surface area (Å²) < 4.78 is 38.5. The molecule has 0 saturated carbocycles.